The van der Waals surface area contributed by atoms with E-state index in [1.54, 1.807) is 0 Å². The smallest absolute Gasteiger partial charge is 0.332 e. The van der Waals surface area contributed by atoms with Gasteiger partial charge in [-0.05, 0) is 36.0 Å². The van der Waals surface area contributed by atoms with E-state index in [4.69, 9.17) is 5.73 Å². The summed E-state index contributed by atoms with van der Waals surface area (Å²) in [6.45, 7) is 6.75. The Morgan fingerprint density at radius 1 is 1.67 bits per heavy atom. The number of hydrogen-bond donors (Lipinski definition) is 2. The van der Waals surface area contributed by atoms with Gasteiger partial charge >= 0.3 is 6.03 Å². The molecule has 2 amide bonds. The Balaban J connectivity index is 2.07. The molecule has 0 aromatic carbocycles. The Morgan fingerprint density at radius 3 is 2.80 bits per heavy atom. The SMILES string of the molecule is CC(C)[C@@]12CC(=NNC(N)=O)[C@@H](C)[C@@H]1C2. The van der Waals surface area contributed by atoms with Crippen molar-refractivity contribution in [1.29, 1.82) is 0 Å². The number of primary amides is 1. The predicted octanol–water partition coefficient (Wildman–Crippen LogP) is 1.71. The van der Waals surface area contributed by atoms with Crippen molar-refractivity contribution in [1.82, 2.24) is 5.43 Å². The highest BCUT2D eigenvalue weighted by Gasteiger charge is 2.63. The molecule has 0 spiro atoms. The number of carbonyl (C=O) groups is 1. The van der Waals surface area contributed by atoms with Crippen molar-refractivity contribution in [2.75, 3.05) is 0 Å². The van der Waals surface area contributed by atoms with Crippen LogP contribution in [0.15, 0.2) is 5.10 Å². The number of amides is 2. The molecule has 0 saturated heterocycles. The van der Waals surface area contributed by atoms with Gasteiger partial charge in [0.05, 0.1) is 0 Å². The molecule has 0 aliphatic heterocycles. The average molecular weight is 209 g/mol. The molecule has 84 valence electrons. The molecule has 2 aliphatic rings. The minimum atomic E-state index is -0.575. The Hall–Kier alpha value is -1.06. The molecular weight excluding hydrogens is 190 g/mol. The number of nitrogens with one attached hydrogen (secondary N) is 1. The zero-order valence-electron chi connectivity index (χ0n) is 9.58. The number of hydrogen-bond acceptors (Lipinski definition) is 2. The van der Waals surface area contributed by atoms with Crippen molar-refractivity contribution in [3.05, 3.63) is 0 Å². The molecule has 0 unspecified atom stereocenters. The maximum Gasteiger partial charge on any atom is 0.332 e. The van der Waals surface area contributed by atoms with Gasteiger partial charge in [-0.2, -0.15) is 5.10 Å². The van der Waals surface area contributed by atoms with Gasteiger partial charge in [-0.1, -0.05) is 20.8 Å². The Bertz CT molecular complexity index is 324. The molecule has 2 rings (SSSR count). The number of nitrogens with zero attached hydrogens (tertiary/aromatic N) is 1. The van der Waals surface area contributed by atoms with Crippen molar-refractivity contribution >= 4 is 11.7 Å². The van der Waals surface area contributed by atoms with Crippen LogP contribution in [0.5, 0.6) is 0 Å². The summed E-state index contributed by atoms with van der Waals surface area (Å²) in [7, 11) is 0. The first kappa shape index (κ1) is 10.5. The fraction of sp³-hybridized carbons (Fsp3) is 0.818. The highest BCUT2D eigenvalue weighted by atomic mass is 16.2. The van der Waals surface area contributed by atoms with Crippen molar-refractivity contribution in [3.8, 4) is 0 Å². The molecule has 0 aromatic rings. The van der Waals surface area contributed by atoms with Crippen LogP contribution in [0.1, 0.15) is 33.6 Å². The maximum atomic E-state index is 10.6. The van der Waals surface area contributed by atoms with E-state index >= 15 is 0 Å². The lowest BCUT2D eigenvalue weighted by Crippen LogP contribution is -2.27. The van der Waals surface area contributed by atoms with Crippen LogP contribution in [0.25, 0.3) is 0 Å². The summed E-state index contributed by atoms with van der Waals surface area (Å²) in [4.78, 5) is 10.6. The van der Waals surface area contributed by atoms with Crippen LogP contribution in [0.4, 0.5) is 4.79 Å². The number of rotatable bonds is 2. The van der Waals surface area contributed by atoms with Gasteiger partial charge in [0.1, 0.15) is 0 Å². The molecular formula is C11H19N3O. The second kappa shape index (κ2) is 3.22. The Labute approximate surface area is 90.3 Å². The number of urea groups is 1. The molecule has 15 heavy (non-hydrogen) atoms. The monoisotopic (exact) mass is 209 g/mol. The predicted molar refractivity (Wildman–Crippen MR) is 59.3 cm³/mol. The first-order valence-corrected chi connectivity index (χ1v) is 5.59. The highest BCUT2D eigenvalue weighted by Crippen LogP contribution is 2.68. The van der Waals surface area contributed by atoms with E-state index in [2.05, 4.69) is 31.3 Å². The second-order valence-corrected chi connectivity index (χ2v) is 5.24. The van der Waals surface area contributed by atoms with Gasteiger partial charge in [0.2, 0.25) is 0 Å². The van der Waals surface area contributed by atoms with E-state index in [1.807, 2.05) is 0 Å². The normalized spacial score (nSPS) is 40.7. The van der Waals surface area contributed by atoms with Crippen molar-refractivity contribution in [3.63, 3.8) is 0 Å². The second-order valence-electron chi connectivity index (χ2n) is 5.24. The third-order valence-electron chi connectivity index (χ3n) is 4.28. The molecule has 4 heteroatoms. The topological polar surface area (TPSA) is 67.5 Å². The van der Waals surface area contributed by atoms with Crippen LogP contribution < -0.4 is 11.2 Å². The molecule has 0 bridgehead atoms. The third-order valence-corrected chi connectivity index (χ3v) is 4.28. The quantitative estimate of drug-likeness (QED) is 0.668. The molecule has 3 N–H and O–H groups in total. The van der Waals surface area contributed by atoms with E-state index in [9.17, 15) is 4.79 Å². The zero-order chi connectivity index (χ0) is 11.2. The minimum absolute atomic E-state index is 0.470. The molecule has 2 aliphatic carbocycles. The van der Waals surface area contributed by atoms with Gasteiger partial charge in [0.15, 0.2) is 0 Å². The fourth-order valence-corrected chi connectivity index (χ4v) is 3.10. The van der Waals surface area contributed by atoms with Gasteiger partial charge in [-0.3, -0.25) is 0 Å². The van der Waals surface area contributed by atoms with Crippen molar-refractivity contribution < 1.29 is 4.79 Å². The molecule has 2 saturated carbocycles. The van der Waals surface area contributed by atoms with E-state index in [-0.39, 0.29) is 0 Å². The van der Waals surface area contributed by atoms with Crippen molar-refractivity contribution in [2.45, 2.75) is 33.6 Å². The molecule has 0 heterocycles. The van der Waals surface area contributed by atoms with E-state index in [0.717, 1.165) is 18.1 Å². The molecule has 3 atom stereocenters. The van der Waals surface area contributed by atoms with Gasteiger partial charge < -0.3 is 5.73 Å². The van der Waals surface area contributed by atoms with Crippen LogP contribution >= 0.6 is 0 Å². The van der Waals surface area contributed by atoms with E-state index in [1.165, 1.54) is 6.42 Å². The van der Waals surface area contributed by atoms with Crippen LogP contribution in [0.3, 0.4) is 0 Å². The van der Waals surface area contributed by atoms with Gasteiger partial charge in [0.25, 0.3) is 0 Å². The van der Waals surface area contributed by atoms with E-state index < -0.39 is 6.03 Å². The Kier molecular flexibility index (Phi) is 2.24. The number of hydrazone groups is 1. The molecule has 0 aromatic heterocycles. The summed E-state index contributed by atoms with van der Waals surface area (Å²) in [5.74, 6) is 1.97. The van der Waals surface area contributed by atoms with Gasteiger partial charge in [0, 0.05) is 5.71 Å². The Morgan fingerprint density at radius 2 is 2.33 bits per heavy atom. The number of carbonyl (C=O) groups excluding carboxylic acids is 1. The van der Waals surface area contributed by atoms with Crippen LogP contribution in [-0.2, 0) is 0 Å². The first-order valence-electron chi connectivity index (χ1n) is 5.59. The zero-order valence-corrected chi connectivity index (χ0v) is 9.58. The summed E-state index contributed by atoms with van der Waals surface area (Å²) in [6.07, 6.45) is 2.35. The fourth-order valence-electron chi connectivity index (χ4n) is 3.10. The molecule has 0 radical (unpaired) electrons. The van der Waals surface area contributed by atoms with Gasteiger partial charge in [-0.25, -0.2) is 10.2 Å². The maximum absolute atomic E-state index is 10.6. The molecule has 4 nitrogen and oxygen atoms in total. The summed E-state index contributed by atoms with van der Waals surface area (Å²) in [5, 5.41) is 4.10. The van der Waals surface area contributed by atoms with Gasteiger partial charge in [-0.15, -0.1) is 0 Å². The average Bonchev–Trinajstić information content (AvgIpc) is 2.81. The lowest BCUT2D eigenvalue weighted by Gasteiger charge is -2.15. The molecule has 2 fully saturated rings. The minimum Gasteiger partial charge on any atom is -0.350 e. The third kappa shape index (κ3) is 1.52. The van der Waals surface area contributed by atoms with Crippen LogP contribution in [0.2, 0.25) is 0 Å². The number of fused-ring (bicyclic) bond motifs is 1. The van der Waals surface area contributed by atoms with Crippen LogP contribution in [0, 0.1) is 23.2 Å². The summed E-state index contributed by atoms with van der Waals surface area (Å²) >= 11 is 0. The first-order chi connectivity index (χ1) is 6.97. The standard InChI is InChI=1S/C11H19N3O/c1-6(2)11-4-8(11)7(3)9(5-11)13-14-10(12)15/h6-8H,4-5H2,1-3H3,(H3,12,14,15)/t7-,8-,11+/m0/s1. The summed E-state index contributed by atoms with van der Waals surface area (Å²) < 4.78 is 0. The largest absolute Gasteiger partial charge is 0.350 e. The lowest BCUT2D eigenvalue weighted by atomic mass is 9.90. The van der Waals surface area contributed by atoms with E-state index in [0.29, 0.717) is 17.3 Å². The number of nitrogens with two attached hydrogens (primary N) is 1. The van der Waals surface area contributed by atoms with Crippen LogP contribution in [-0.4, -0.2) is 11.7 Å². The summed E-state index contributed by atoms with van der Waals surface area (Å²) in [6, 6.07) is -0.575. The highest BCUT2D eigenvalue weighted by molar-refractivity contribution is 5.92. The summed E-state index contributed by atoms with van der Waals surface area (Å²) in [5.41, 5.74) is 8.92. The van der Waals surface area contributed by atoms with Crippen molar-refractivity contribution in [2.24, 2.45) is 34.0 Å². The lowest BCUT2D eigenvalue weighted by molar-refractivity contribution is 0.249.